The van der Waals surface area contributed by atoms with Crippen molar-refractivity contribution in [2.24, 2.45) is 5.14 Å². The van der Waals surface area contributed by atoms with Gasteiger partial charge in [0.15, 0.2) is 5.82 Å². The van der Waals surface area contributed by atoms with E-state index in [1.54, 1.807) is 0 Å². The third kappa shape index (κ3) is 2.66. The number of hydrogen-bond donors (Lipinski definition) is 2. The maximum Gasteiger partial charge on any atom is 0.283 e. The molecule has 0 bridgehead atoms. The number of nitrogens with zero attached hydrogens (tertiary/aromatic N) is 2. The van der Waals surface area contributed by atoms with E-state index in [0.717, 1.165) is 12.6 Å². The highest BCUT2D eigenvalue weighted by Crippen LogP contribution is 2.38. The average molecular weight is 292 g/mol. The van der Waals surface area contributed by atoms with Gasteiger partial charge in [0, 0.05) is 18.9 Å². The fourth-order valence-electron chi connectivity index (χ4n) is 2.02. The van der Waals surface area contributed by atoms with E-state index in [-0.39, 0.29) is 12.4 Å². The molecule has 1 aliphatic carbocycles. The first-order chi connectivity index (χ1) is 8.86. The van der Waals surface area contributed by atoms with E-state index >= 15 is 0 Å². The van der Waals surface area contributed by atoms with Crippen LogP contribution in [0.4, 0.5) is 14.6 Å². The quantitative estimate of drug-likeness (QED) is 0.845. The Morgan fingerprint density at radius 1 is 1.37 bits per heavy atom. The Morgan fingerprint density at radius 3 is 2.47 bits per heavy atom. The fourth-order valence-corrected chi connectivity index (χ4v) is 3.15. The van der Waals surface area contributed by atoms with E-state index in [0.29, 0.717) is 12.8 Å². The van der Waals surface area contributed by atoms with Crippen molar-refractivity contribution in [3.05, 3.63) is 18.1 Å². The van der Waals surface area contributed by atoms with Gasteiger partial charge in [-0.1, -0.05) is 6.42 Å². The lowest BCUT2D eigenvalue weighted by Gasteiger charge is -2.39. The molecule has 106 valence electrons. The molecule has 0 amide bonds. The Morgan fingerprint density at radius 2 is 2.00 bits per heavy atom. The summed E-state index contributed by atoms with van der Waals surface area (Å²) >= 11 is 0. The number of nitrogens with two attached hydrogens (primary N) is 1. The summed E-state index contributed by atoms with van der Waals surface area (Å²) in [6.45, 7) is -0.0375. The summed E-state index contributed by atoms with van der Waals surface area (Å²) < 4.78 is 47.4. The monoisotopic (exact) mass is 292 g/mol. The molecule has 1 heterocycles. The summed E-state index contributed by atoms with van der Waals surface area (Å²) in [6.07, 6.45) is 1.24. The largest absolute Gasteiger partial charge is 0.367 e. The Bertz CT molecular complexity index is 560. The van der Waals surface area contributed by atoms with Crippen molar-refractivity contribution in [2.45, 2.75) is 30.4 Å². The smallest absolute Gasteiger partial charge is 0.283 e. The summed E-state index contributed by atoms with van der Waals surface area (Å²) in [5.74, 6) is -0.104. The molecule has 0 aliphatic heterocycles. The second-order valence-corrected chi connectivity index (χ2v) is 6.48. The molecular weight excluding hydrogens is 278 g/mol. The fraction of sp³-hybridized carbons (Fsp3) is 0.600. The maximum absolute atomic E-state index is 12.7. The van der Waals surface area contributed by atoms with Gasteiger partial charge in [-0.15, -0.1) is 0 Å². The summed E-state index contributed by atoms with van der Waals surface area (Å²) in [5.41, 5.74) is -0.494. The molecule has 0 aromatic carbocycles. The first kappa shape index (κ1) is 14.1. The molecule has 1 aromatic rings. The summed E-state index contributed by atoms with van der Waals surface area (Å²) in [7, 11) is -3.73. The number of hydrogen-bond acceptors (Lipinski definition) is 5. The van der Waals surface area contributed by atoms with Crippen LogP contribution in [0.5, 0.6) is 0 Å². The number of primary sulfonamides is 1. The molecule has 0 radical (unpaired) electrons. The van der Waals surface area contributed by atoms with Gasteiger partial charge in [-0.25, -0.2) is 32.3 Å². The second kappa shape index (κ2) is 4.97. The first-order valence-corrected chi connectivity index (χ1v) is 7.26. The molecule has 19 heavy (non-hydrogen) atoms. The molecule has 1 saturated carbocycles. The van der Waals surface area contributed by atoms with Crippen LogP contribution in [0.3, 0.4) is 0 Å². The van der Waals surface area contributed by atoms with Crippen molar-refractivity contribution < 1.29 is 17.2 Å². The molecule has 3 N–H and O–H groups in total. The van der Waals surface area contributed by atoms with E-state index in [1.807, 2.05) is 0 Å². The van der Waals surface area contributed by atoms with Crippen molar-refractivity contribution in [1.29, 1.82) is 0 Å². The van der Waals surface area contributed by atoms with Gasteiger partial charge in [-0.05, 0) is 12.8 Å². The van der Waals surface area contributed by atoms with Gasteiger partial charge in [0.2, 0.25) is 10.0 Å². The Kier molecular flexibility index (Phi) is 3.68. The number of sulfonamides is 1. The van der Waals surface area contributed by atoms with Gasteiger partial charge in [0.05, 0.1) is 0 Å². The number of alkyl halides is 2. The zero-order valence-electron chi connectivity index (χ0n) is 10.0. The minimum absolute atomic E-state index is 0.0375. The SMILES string of the molecule is NS(=O)(=O)C1(CNc2nccnc2C(F)F)CCC1. The lowest BCUT2D eigenvalue weighted by atomic mass is 9.84. The lowest BCUT2D eigenvalue weighted by molar-refractivity contribution is 0.146. The predicted molar refractivity (Wildman–Crippen MR) is 65.2 cm³/mol. The molecule has 1 fully saturated rings. The van der Waals surface area contributed by atoms with Gasteiger partial charge < -0.3 is 5.32 Å². The van der Waals surface area contributed by atoms with E-state index in [1.165, 1.54) is 6.20 Å². The lowest BCUT2D eigenvalue weighted by Crippen LogP contribution is -2.53. The number of halogens is 2. The molecule has 6 nitrogen and oxygen atoms in total. The van der Waals surface area contributed by atoms with Crippen molar-refractivity contribution in [3.63, 3.8) is 0 Å². The molecule has 1 aromatic heterocycles. The van der Waals surface area contributed by atoms with Crippen LogP contribution in [0.2, 0.25) is 0 Å². The molecule has 0 saturated heterocycles. The van der Waals surface area contributed by atoms with Crippen LogP contribution < -0.4 is 10.5 Å². The third-order valence-corrected chi connectivity index (χ3v) is 5.14. The van der Waals surface area contributed by atoms with Crippen LogP contribution in [0.25, 0.3) is 0 Å². The zero-order valence-corrected chi connectivity index (χ0v) is 10.8. The van der Waals surface area contributed by atoms with E-state index in [9.17, 15) is 17.2 Å². The first-order valence-electron chi connectivity index (χ1n) is 5.71. The number of aromatic nitrogens is 2. The number of anilines is 1. The molecule has 0 atom stereocenters. The van der Waals surface area contributed by atoms with Gasteiger partial charge in [0.25, 0.3) is 6.43 Å². The van der Waals surface area contributed by atoms with Crippen molar-refractivity contribution in [3.8, 4) is 0 Å². The number of rotatable bonds is 5. The summed E-state index contributed by atoms with van der Waals surface area (Å²) in [6, 6.07) is 0. The molecule has 9 heteroatoms. The highest BCUT2D eigenvalue weighted by atomic mass is 32.2. The number of nitrogens with one attached hydrogen (secondary N) is 1. The van der Waals surface area contributed by atoms with Gasteiger partial charge in [0.1, 0.15) is 10.4 Å². The van der Waals surface area contributed by atoms with Crippen LogP contribution >= 0.6 is 0 Å². The van der Waals surface area contributed by atoms with Crippen LogP contribution in [-0.2, 0) is 10.0 Å². The van der Waals surface area contributed by atoms with Crippen molar-refractivity contribution in [2.75, 3.05) is 11.9 Å². The molecule has 1 aliphatic rings. The minimum atomic E-state index is -3.73. The third-order valence-electron chi connectivity index (χ3n) is 3.38. The summed E-state index contributed by atoms with van der Waals surface area (Å²) in [4.78, 5) is 7.28. The zero-order chi connectivity index (χ0) is 14.1. The second-order valence-electron chi connectivity index (χ2n) is 4.53. The minimum Gasteiger partial charge on any atom is -0.367 e. The van der Waals surface area contributed by atoms with E-state index in [2.05, 4.69) is 15.3 Å². The molecule has 0 spiro atoms. The highest BCUT2D eigenvalue weighted by Gasteiger charge is 2.47. The average Bonchev–Trinajstić information content (AvgIpc) is 2.26. The standard InChI is InChI=1S/C10H14F2N4O2S/c11-8(12)7-9(15-5-4-14-7)16-6-10(2-1-3-10)19(13,17)18/h4-5,8H,1-3,6H2,(H,15,16)(H2,13,17,18). The van der Waals surface area contributed by atoms with Crippen LogP contribution in [0, 0.1) is 0 Å². The normalized spacial score (nSPS) is 18.1. The van der Waals surface area contributed by atoms with Crippen molar-refractivity contribution in [1.82, 2.24) is 9.97 Å². The Hall–Kier alpha value is -1.35. The highest BCUT2D eigenvalue weighted by molar-refractivity contribution is 7.90. The summed E-state index contributed by atoms with van der Waals surface area (Å²) in [5, 5.41) is 7.82. The molecule has 2 rings (SSSR count). The van der Waals surface area contributed by atoms with Gasteiger partial charge >= 0.3 is 0 Å². The van der Waals surface area contributed by atoms with Gasteiger partial charge in [-0.2, -0.15) is 0 Å². The molecule has 0 unspecified atom stereocenters. The van der Waals surface area contributed by atoms with Crippen LogP contribution in [-0.4, -0.2) is 29.7 Å². The van der Waals surface area contributed by atoms with E-state index < -0.39 is 26.9 Å². The van der Waals surface area contributed by atoms with Gasteiger partial charge in [-0.3, -0.25) is 0 Å². The maximum atomic E-state index is 12.7. The van der Waals surface area contributed by atoms with E-state index in [4.69, 9.17) is 5.14 Å². The molecular formula is C10H14F2N4O2S. The Labute approximate surface area is 109 Å². The van der Waals surface area contributed by atoms with Crippen LogP contribution in [0.1, 0.15) is 31.4 Å². The van der Waals surface area contributed by atoms with Crippen LogP contribution in [0.15, 0.2) is 12.4 Å². The predicted octanol–water partition coefficient (Wildman–Crippen LogP) is 1.04. The van der Waals surface area contributed by atoms with Crippen molar-refractivity contribution >= 4 is 15.8 Å². The topological polar surface area (TPSA) is 98.0 Å². The Balaban J connectivity index is 2.15.